The number of para-hydroxylation sites is 1. The summed E-state index contributed by atoms with van der Waals surface area (Å²) in [6.45, 7) is 0. The predicted molar refractivity (Wildman–Crippen MR) is 66.8 cm³/mol. The van der Waals surface area contributed by atoms with Gasteiger partial charge in [-0.05, 0) is 34.8 Å². The third-order valence-electron chi connectivity index (χ3n) is 2.98. The minimum atomic E-state index is 0.487. The minimum Gasteiger partial charge on any atom is -0.298 e. The molecule has 1 aromatic carbocycles. The van der Waals surface area contributed by atoms with E-state index < -0.39 is 0 Å². The number of benzene rings is 1. The topological polar surface area (TPSA) is 30.0 Å². The third kappa shape index (κ3) is 1.47. The Morgan fingerprint density at radius 2 is 2.06 bits per heavy atom. The van der Waals surface area contributed by atoms with Crippen LogP contribution in [0.3, 0.4) is 0 Å². The van der Waals surface area contributed by atoms with Gasteiger partial charge in [-0.25, -0.2) is 0 Å². The lowest BCUT2D eigenvalue weighted by Crippen LogP contribution is -1.98. The van der Waals surface area contributed by atoms with Crippen LogP contribution >= 0.6 is 15.9 Å². The molecule has 16 heavy (non-hydrogen) atoms. The third-order valence-corrected chi connectivity index (χ3v) is 3.83. The number of carbonyl (C=O) groups is 1. The molecule has 0 N–H and O–H groups in total. The van der Waals surface area contributed by atoms with E-state index in [1.165, 1.54) is 0 Å². The average molecular weight is 276 g/mol. The molecule has 1 heterocycles. The number of nitrogens with zero attached hydrogens (tertiary/aromatic N) is 1. The fraction of sp³-hybridized carbons (Fsp3) is 0.231. The SMILES string of the molecule is O=Cc1c(C2CC2)nc2ccccc2c1Br. The lowest BCUT2D eigenvalue weighted by Gasteiger charge is -2.08. The van der Waals surface area contributed by atoms with Crippen LogP contribution < -0.4 is 0 Å². The Labute approximate surface area is 102 Å². The van der Waals surface area contributed by atoms with Crippen LogP contribution in [0.25, 0.3) is 10.9 Å². The van der Waals surface area contributed by atoms with Crippen molar-refractivity contribution in [2.24, 2.45) is 0 Å². The number of fused-ring (bicyclic) bond motifs is 1. The highest BCUT2D eigenvalue weighted by atomic mass is 79.9. The summed E-state index contributed by atoms with van der Waals surface area (Å²) in [4.78, 5) is 15.8. The number of pyridine rings is 1. The van der Waals surface area contributed by atoms with Gasteiger partial charge in [-0.15, -0.1) is 0 Å². The van der Waals surface area contributed by atoms with Crippen molar-refractivity contribution in [3.05, 3.63) is 40.0 Å². The Morgan fingerprint density at radius 1 is 1.31 bits per heavy atom. The number of halogens is 1. The van der Waals surface area contributed by atoms with Crippen LogP contribution in [0.4, 0.5) is 0 Å². The molecule has 80 valence electrons. The van der Waals surface area contributed by atoms with E-state index in [4.69, 9.17) is 0 Å². The maximum Gasteiger partial charge on any atom is 0.153 e. The van der Waals surface area contributed by atoms with Gasteiger partial charge in [-0.2, -0.15) is 0 Å². The van der Waals surface area contributed by atoms with E-state index in [9.17, 15) is 4.79 Å². The molecule has 0 unspecified atom stereocenters. The van der Waals surface area contributed by atoms with Crippen molar-refractivity contribution in [1.82, 2.24) is 4.98 Å². The quantitative estimate of drug-likeness (QED) is 0.783. The first-order valence-electron chi connectivity index (χ1n) is 5.34. The first-order valence-corrected chi connectivity index (χ1v) is 6.14. The Hall–Kier alpha value is -1.22. The van der Waals surface area contributed by atoms with Crippen LogP contribution in [0.15, 0.2) is 28.7 Å². The summed E-state index contributed by atoms with van der Waals surface area (Å²) >= 11 is 3.52. The van der Waals surface area contributed by atoms with E-state index in [0.29, 0.717) is 5.92 Å². The minimum absolute atomic E-state index is 0.487. The van der Waals surface area contributed by atoms with Gasteiger partial charge in [0.25, 0.3) is 0 Å². The molecule has 1 aliphatic carbocycles. The number of aldehydes is 1. The summed E-state index contributed by atoms with van der Waals surface area (Å²) in [5, 5.41) is 1.01. The van der Waals surface area contributed by atoms with E-state index in [-0.39, 0.29) is 0 Å². The van der Waals surface area contributed by atoms with Crippen molar-refractivity contribution in [3.8, 4) is 0 Å². The van der Waals surface area contributed by atoms with Crippen LogP contribution in [0.1, 0.15) is 34.8 Å². The van der Waals surface area contributed by atoms with Crippen molar-refractivity contribution in [3.63, 3.8) is 0 Å². The smallest absolute Gasteiger partial charge is 0.153 e. The van der Waals surface area contributed by atoms with Gasteiger partial charge in [0.1, 0.15) is 0 Å². The zero-order valence-electron chi connectivity index (χ0n) is 8.61. The molecule has 0 aliphatic heterocycles. The van der Waals surface area contributed by atoms with Gasteiger partial charge in [0, 0.05) is 15.8 Å². The second-order valence-electron chi connectivity index (χ2n) is 4.13. The summed E-state index contributed by atoms with van der Waals surface area (Å²) in [6, 6.07) is 7.90. The van der Waals surface area contributed by atoms with Crippen molar-refractivity contribution < 1.29 is 4.79 Å². The van der Waals surface area contributed by atoms with Crippen molar-refractivity contribution in [2.45, 2.75) is 18.8 Å². The van der Waals surface area contributed by atoms with Crippen LogP contribution in [0.5, 0.6) is 0 Å². The number of carbonyl (C=O) groups excluding carboxylic acids is 1. The van der Waals surface area contributed by atoms with Gasteiger partial charge in [0.2, 0.25) is 0 Å². The van der Waals surface area contributed by atoms with Gasteiger partial charge in [0.15, 0.2) is 6.29 Å². The van der Waals surface area contributed by atoms with Crippen molar-refractivity contribution >= 4 is 33.1 Å². The number of hydrogen-bond donors (Lipinski definition) is 0. The molecule has 0 bridgehead atoms. The molecule has 1 fully saturated rings. The molecule has 1 aromatic heterocycles. The van der Waals surface area contributed by atoms with E-state index >= 15 is 0 Å². The summed E-state index contributed by atoms with van der Waals surface area (Å²) in [7, 11) is 0. The van der Waals surface area contributed by atoms with Gasteiger partial charge in [-0.3, -0.25) is 9.78 Å². The molecule has 0 radical (unpaired) electrons. The van der Waals surface area contributed by atoms with Gasteiger partial charge in [0.05, 0.1) is 16.8 Å². The molecule has 0 spiro atoms. The summed E-state index contributed by atoms with van der Waals surface area (Å²) in [6.07, 6.45) is 3.22. The number of hydrogen-bond acceptors (Lipinski definition) is 2. The first-order chi connectivity index (χ1) is 7.81. The molecule has 3 heteroatoms. The molecule has 0 saturated heterocycles. The van der Waals surface area contributed by atoms with Crippen LogP contribution in [0, 0.1) is 0 Å². The van der Waals surface area contributed by atoms with Gasteiger partial charge < -0.3 is 0 Å². The van der Waals surface area contributed by atoms with Crippen LogP contribution in [-0.4, -0.2) is 11.3 Å². The molecular formula is C13H10BrNO. The second-order valence-corrected chi connectivity index (χ2v) is 4.93. The molecule has 0 amide bonds. The number of aromatic nitrogens is 1. The first kappa shape index (κ1) is 9.97. The Bertz CT molecular complexity index is 575. The van der Waals surface area contributed by atoms with Gasteiger partial charge in [-0.1, -0.05) is 18.2 Å². The molecule has 2 nitrogen and oxygen atoms in total. The molecular weight excluding hydrogens is 266 g/mol. The molecule has 1 saturated carbocycles. The maximum atomic E-state index is 11.2. The fourth-order valence-corrected chi connectivity index (χ4v) is 2.62. The van der Waals surface area contributed by atoms with Crippen molar-refractivity contribution in [2.75, 3.05) is 0 Å². The molecule has 2 aromatic rings. The van der Waals surface area contributed by atoms with E-state index in [1.807, 2.05) is 24.3 Å². The normalized spacial score (nSPS) is 15.3. The monoisotopic (exact) mass is 275 g/mol. The Balaban J connectivity index is 2.37. The summed E-state index contributed by atoms with van der Waals surface area (Å²) in [5.41, 5.74) is 2.64. The highest BCUT2D eigenvalue weighted by Crippen LogP contribution is 2.43. The molecule has 1 aliphatic rings. The Morgan fingerprint density at radius 3 is 2.75 bits per heavy atom. The van der Waals surface area contributed by atoms with Gasteiger partial charge >= 0.3 is 0 Å². The lowest BCUT2D eigenvalue weighted by molar-refractivity contribution is 0.112. The largest absolute Gasteiger partial charge is 0.298 e. The standard InChI is InChI=1S/C13H10BrNO/c14-12-9-3-1-2-4-11(9)15-13(8-5-6-8)10(12)7-16/h1-4,7-8H,5-6H2. The highest BCUT2D eigenvalue weighted by Gasteiger charge is 2.29. The number of rotatable bonds is 2. The van der Waals surface area contributed by atoms with E-state index in [0.717, 1.165) is 45.8 Å². The zero-order valence-corrected chi connectivity index (χ0v) is 10.2. The Kier molecular flexibility index (Phi) is 2.28. The van der Waals surface area contributed by atoms with Crippen LogP contribution in [0.2, 0.25) is 0 Å². The van der Waals surface area contributed by atoms with Crippen molar-refractivity contribution in [1.29, 1.82) is 0 Å². The average Bonchev–Trinajstić information content (AvgIpc) is 3.13. The van der Waals surface area contributed by atoms with E-state index in [1.54, 1.807) is 0 Å². The lowest BCUT2D eigenvalue weighted by atomic mass is 10.1. The molecule has 3 rings (SSSR count). The predicted octanol–water partition coefficient (Wildman–Crippen LogP) is 3.69. The fourth-order valence-electron chi connectivity index (χ4n) is 1.98. The second kappa shape index (κ2) is 3.67. The maximum absolute atomic E-state index is 11.2. The molecule has 0 atom stereocenters. The van der Waals surface area contributed by atoms with E-state index in [2.05, 4.69) is 20.9 Å². The van der Waals surface area contributed by atoms with Crippen LogP contribution in [-0.2, 0) is 0 Å². The zero-order chi connectivity index (χ0) is 11.1. The summed E-state index contributed by atoms with van der Waals surface area (Å²) in [5.74, 6) is 0.487. The summed E-state index contributed by atoms with van der Waals surface area (Å²) < 4.78 is 0.884. The highest BCUT2D eigenvalue weighted by molar-refractivity contribution is 9.10.